The van der Waals surface area contributed by atoms with Crippen LogP contribution in [0.15, 0.2) is 0 Å². The van der Waals surface area contributed by atoms with E-state index in [0.717, 1.165) is 0 Å². The maximum atomic E-state index is 12.1. The van der Waals surface area contributed by atoms with Crippen LogP contribution in [0.1, 0.15) is 12.8 Å². The zero-order valence-corrected chi connectivity index (χ0v) is 7.71. The molecule has 0 aromatic rings. The van der Waals surface area contributed by atoms with Crippen molar-refractivity contribution in [1.29, 1.82) is 0 Å². The molecule has 1 heterocycles. The van der Waals surface area contributed by atoms with Gasteiger partial charge in [0.25, 0.3) is 0 Å². The highest BCUT2D eigenvalue weighted by molar-refractivity contribution is 7.96. The van der Waals surface area contributed by atoms with Crippen molar-refractivity contribution < 1.29 is 13.2 Å². The maximum absolute atomic E-state index is 12.1. The van der Waals surface area contributed by atoms with Gasteiger partial charge in [0.1, 0.15) is 0 Å². The number of rotatable bonds is 1. The second-order valence-corrected chi connectivity index (χ2v) is 3.81. The van der Waals surface area contributed by atoms with Crippen LogP contribution in [0, 0.1) is 5.92 Å². The van der Waals surface area contributed by atoms with Gasteiger partial charge in [-0.3, -0.25) is 4.31 Å². The van der Waals surface area contributed by atoms with E-state index in [1.165, 1.54) is 11.9 Å². The molecule has 72 valence electrons. The van der Waals surface area contributed by atoms with E-state index in [1.807, 2.05) is 10.6 Å². The van der Waals surface area contributed by atoms with Crippen LogP contribution in [-0.4, -0.2) is 29.8 Å². The van der Waals surface area contributed by atoms with Crippen LogP contribution < -0.4 is 0 Å². The van der Waals surface area contributed by atoms with Crippen molar-refractivity contribution in [3.63, 3.8) is 0 Å². The summed E-state index contributed by atoms with van der Waals surface area (Å²) in [7, 11) is 0. The van der Waals surface area contributed by atoms with Crippen LogP contribution in [0.3, 0.4) is 0 Å². The lowest BCUT2D eigenvalue weighted by Crippen LogP contribution is -2.35. The summed E-state index contributed by atoms with van der Waals surface area (Å²) < 4.78 is 38.4. The Morgan fingerprint density at radius 2 is 1.75 bits per heavy atom. The molecule has 12 heavy (non-hydrogen) atoms. The molecule has 1 rings (SSSR count). The molecular weight excluding hydrogens is 187 g/mol. The van der Waals surface area contributed by atoms with Crippen molar-refractivity contribution in [2.75, 3.05) is 19.3 Å². The Labute approximate surface area is 74.4 Å². The van der Waals surface area contributed by atoms with Crippen molar-refractivity contribution in [2.45, 2.75) is 19.0 Å². The van der Waals surface area contributed by atoms with Crippen LogP contribution in [0.25, 0.3) is 0 Å². The zero-order valence-electron chi connectivity index (χ0n) is 6.90. The van der Waals surface area contributed by atoms with Gasteiger partial charge in [0.05, 0.1) is 5.92 Å². The second kappa shape index (κ2) is 3.87. The molecule has 0 aliphatic carbocycles. The van der Waals surface area contributed by atoms with Crippen molar-refractivity contribution >= 4 is 11.9 Å². The Balaban J connectivity index is 2.36. The first-order chi connectivity index (χ1) is 5.54. The summed E-state index contributed by atoms with van der Waals surface area (Å²) >= 11 is 1.52. The molecular formula is C7H12F3NS. The first-order valence-electron chi connectivity index (χ1n) is 3.90. The van der Waals surface area contributed by atoms with Crippen LogP contribution in [0.5, 0.6) is 0 Å². The molecule has 1 aliphatic rings. The number of halogens is 3. The fraction of sp³-hybridized carbons (Fsp3) is 1.00. The molecule has 0 unspecified atom stereocenters. The first kappa shape index (κ1) is 10.2. The van der Waals surface area contributed by atoms with Crippen LogP contribution in [0.2, 0.25) is 0 Å². The fourth-order valence-electron chi connectivity index (χ4n) is 1.37. The minimum Gasteiger partial charge on any atom is -0.251 e. The molecule has 0 atom stereocenters. The number of alkyl halides is 3. The quantitative estimate of drug-likeness (QED) is 0.597. The van der Waals surface area contributed by atoms with Gasteiger partial charge in [-0.05, 0) is 19.1 Å². The first-order valence-corrected chi connectivity index (χ1v) is 5.08. The summed E-state index contributed by atoms with van der Waals surface area (Å²) in [5.74, 6) is -1.07. The third kappa shape index (κ3) is 2.55. The Kier molecular flexibility index (Phi) is 3.29. The van der Waals surface area contributed by atoms with Gasteiger partial charge in [0.2, 0.25) is 0 Å². The maximum Gasteiger partial charge on any atom is 0.391 e. The van der Waals surface area contributed by atoms with Crippen molar-refractivity contribution in [1.82, 2.24) is 4.31 Å². The van der Waals surface area contributed by atoms with E-state index in [-0.39, 0.29) is 12.8 Å². The molecule has 0 amide bonds. The number of nitrogens with zero attached hydrogens (tertiary/aromatic N) is 1. The molecule has 1 saturated heterocycles. The van der Waals surface area contributed by atoms with Gasteiger partial charge in [-0.15, -0.1) is 0 Å². The van der Waals surface area contributed by atoms with Crippen LogP contribution in [0.4, 0.5) is 13.2 Å². The average molecular weight is 199 g/mol. The summed E-state index contributed by atoms with van der Waals surface area (Å²) in [6, 6.07) is 0. The highest BCUT2D eigenvalue weighted by Crippen LogP contribution is 2.35. The lowest BCUT2D eigenvalue weighted by atomic mass is 9.98. The normalized spacial score (nSPS) is 23.0. The molecule has 0 bridgehead atoms. The van der Waals surface area contributed by atoms with Gasteiger partial charge in [0, 0.05) is 13.1 Å². The summed E-state index contributed by atoms with van der Waals surface area (Å²) in [6.07, 6.45) is -1.58. The minimum atomic E-state index is -3.98. The topological polar surface area (TPSA) is 3.24 Å². The molecule has 0 radical (unpaired) electrons. The van der Waals surface area contributed by atoms with E-state index in [2.05, 4.69) is 0 Å². The standard InChI is InChI=1S/C7H12F3NS/c1-12-11-4-2-6(3-5-11)7(8,9)10/h6H,2-5H2,1H3. The largest absolute Gasteiger partial charge is 0.391 e. The minimum absolute atomic E-state index is 0.254. The molecule has 0 N–H and O–H groups in total. The third-order valence-electron chi connectivity index (χ3n) is 2.18. The Bertz CT molecular complexity index is 140. The summed E-state index contributed by atoms with van der Waals surface area (Å²) in [5, 5.41) is 0. The molecule has 0 aromatic carbocycles. The summed E-state index contributed by atoms with van der Waals surface area (Å²) in [6.45, 7) is 1.12. The molecule has 1 aliphatic heterocycles. The Morgan fingerprint density at radius 1 is 1.25 bits per heavy atom. The van der Waals surface area contributed by atoms with E-state index in [9.17, 15) is 13.2 Å². The SMILES string of the molecule is CSN1CCC(C(F)(F)F)CC1. The Morgan fingerprint density at radius 3 is 2.08 bits per heavy atom. The fourth-order valence-corrected chi connectivity index (χ4v) is 1.94. The molecule has 0 aromatic heterocycles. The number of hydrogen-bond acceptors (Lipinski definition) is 2. The van der Waals surface area contributed by atoms with Crippen molar-refractivity contribution in [3.8, 4) is 0 Å². The molecule has 1 nitrogen and oxygen atoms in total. The predicted molar refractivity (Wildman–Crippen MR) is 43.9 cm³/mol. The van der Waals surface area contributed by atoms with Gasteiger partial charge in [-0.2, -0.15) is 13.2 Å². The van der Waals surface area contributed by atoms with Gasteiger partial charge < -0.3 is 0 Å². The van der Waals surface area contributed by atoms with Gasteiger partial charge in [-0.25, -0.2) is 0 Å². The number of hydrogen-bond donors (Lipinski definition) is 0. The van der Waals surface area contributed by atoms with E-state index >= 15 is 0 Å². The van der Waals surface area contributed by atoms with E-state index in [4.69, 9.17) is 0 Å². The van der Waals surface area contributed by atoms with Crippen LogP contribution in [-0.2, 0) is 0 Å². The zero-order chi connectivity index (χ0) is 9.19. The van der Waals surface area contributed by atoms with E-state index in [0.29, 0.717) is 13.1 Å². The van der Waals surface area contributed by atoms with Gasteiger partial charge in [-0.1, -0.05) is 11.9 Å². The number of piperidine rings is 1. The highest BCUT2D eigenvalue weighted by Gasteiger charge is 2.40. The van der Waals surface area contributed by atoms with Crippen molar-refractivity contribution in [3.05, 3.63) is 0 Å². The molecule has 1 fully saturated rings. The van der Waals surface area contributed by atoms with Gasteiger partial charge >= 0.3 is 6.18 Å². The lowest BCUT2D eigenvalue weighted by Gasteiger charge is -2.31. The van der Waals surface area contributed by atoms with E-state index in [1.54, 1.807) is 0 Å². The molecule has 5 heteroatoms. The smallest absolute Gasteiger partial charge is 0.251 e. The second-order valence-electron chi connectivity index (χ2n) is 2.93. The molecule has 0 spiro atoms. The third-order valence-corrected chi connectivity index (χ3v) is 3.06. The van der Waals surface area contributed by atoms with Crippen LogP contribution >= 0.6 is 11.9 Å². The van der Waals surface area contributed by atoms with Crippen molar-refractivity contribution in [2.24, 2.45) is 5.92 Å². The monoisotopic (exact) mass is 199 g/mol. The summed E-state index contributed by atoms with van der Waals surface area (Å²) in [4.78, 5) is 0. The van der Waals surface area contributed by atoms with E-state index < -0.39 is 12.1 Å². The summed E-state index contributed by atoms with van der Waals surface area (Å²) in [5.41, 5.74) is 0. The predicted octanol–water partition coefficient (Wildman–Crippen LogP) is 2.54. The van der Waals surface area contributed by atoms with Gasteiger partial charge in [0.15, 0.2) is 0 Å². The highest BCUT2D eigenvalue weighted by atomic mass is 32.2. The Hall–Kier alpha value is 0.100. The lowest BCUT2D eigenvalue weighted by molar-refractivity contribution is -0.182. The average Bonchev–Trinajstić information content (AvgIpc) is 2.03. The molecule has 0 saturated carbocycles.